The monoisotopic (exact) mass is 380 g/mol. The predicted octanol–water partition coefficient (Wildman–Crippen LogP) is 0.646. The molecule has 0 aliphatic rings. The van der Waals surface area contributed by atoms with Crippen LogP contribution < -0.4 is 10.9 Å². The molecule has 0 aliphatic heterocycles. The van der Waals surface area contributed by atoms with E-state index in [9.17, 15) is 28.1 Å². The van der Waals surface area contributed by atoms with Crippen LogP contribution in [0.4, 0.5) is 11.4 Å². The standard InChI is InChI=1S/C15H16N4O6S/c1-17(2)26(24,25)13-7-8-15(21)18(9-13)10-14(20)16-11-3-5-12(6-4-11)19(22)23/h3-9H,10H2,1-2H3,(H,16,20). The third kappa shape index (κ3) is 4.32. The van der Waals surface area contributed by atoms with Crippen molar-refractivity contribution in [2.45, 2.75) is 11.4 Å². The fourth-order valence-electron chi connectivity index (χ4n) is 2.02. The number of non-ortho nitro benzene ring substituents is 1. The summed E-state index contributed by atoms with van der Waals surface area (Å²) in [6.45, 7) is -0.410. The zero-order valence-corrected chi connectivity index (χ0v) is 14.8. The molecule has 0 bridgehead atoms. The molecular weight excluding hydrogens is 364 g/mol. The van der Waals surface area contributed by atoms with Gasteiger partial charge in [-0.3, -0.25) is 19.7 Å². The number of pyridine rings is 1. The van der Waals surface area contributed by atoms with Gasteiger partial charge in [-0.2, -0.15) is 0 Å². The van der Waals surface area contributed by atoms with Crippen molar-refractivity contribution in [1.29, 1.82) is 0 Å². The second kappa shape index (κ2) is 7.45. The summed E-state index contributed by atoms with van der Waals surface area (Å²) < 4.78 is 26.2. The van der Waals surface area contributed by atoms with Crippen molar-refractivity contribution < 1.29 is 18.1 Å². The van der Waals surface area contributed by atoms with Gasteiger partial charge in [-0.15, -0.1) is 0 Å². The minimum Gasteiger partial charge on any atom is -0.325 e. The van der Waals surface area contributed by atoms with Crippen LogP contribution >= 0.6 is 0 Å². The molecule has 138 valence electrons. The number of benzene rings is 1. The number of nitro groups is 1. The number of nitro benzene ring substituents is 1. The normalized spacial score (nSPS) is 11.3. The SMILES string of the molecule is CN(C)S(=O)(=O)c1ccc(=O)n(CC(=O)Nc2ccc([N+](=O)[O-])cc2)c1. The second-order valence-electron chi connectivity index (χ2n) is 5.47. The van der Waals surface area contributed by atoms with E-state index in [-0.39, 0.29) is 10.6 Å². The highest BCUT2D eigenvalue weighted by atomic mass is 32.2. The first-order valence-corrected chi connectivity index (χ1v) is 8.72. The van der Waals surface area contributed by atoms with E-state index in [1.165, 1.54) is 44.4 Å². The lowest BCUT2D eigenvalue weighted by atomic mass is 10.3. The van der Waals surface area contributed by atoms with Crippen LogP contribution in [-0.4, -0.2) is 42.2 Å². The molecule has 0 atom stereocenters. The third-order valence-electron chi connectivity index (χ3n) is 3.41. The van der Waals surface area contributed by atoms with E-state index < -0.39 is 33.0 Å². The van der Waals surface area contributed by atoms with Gasteiger partial charge in [-0.1, -0.05) is 0 Å². The van der Waals surface area contributed by atoms with Gasteiger partial charge in [-0.25, -0.2) is 12.7 Å². The minimum atomic E-state index is -3.75. The number of carbonyl (C=O) groups is 1. The van der Waals surface area contributed by atoms with E-state index in [4.69, 9.17) is 0 Å². The first kappa shape index (κ1) is 19.3. The maximum Gasteiger partial charge on any atom is 0.269 e. The summed E-state index contributed by atoms with van der Waals surface area (Å²) in [6, 6.07) is 7.40. The van der Waals surface area contributed by atoms with Crippen molar-refractivity contribution in [3.63, 3.8) is 0 Å². The zero-order chi connectivity index (χ0) is 19.5. The molecule has 0 radical (unpaired) electrons. The number of nitrogens with one attached hydrogen (secondary N) is 1. The van der Waals surface area contributed by atoms with Crippen LogP contribution in [0, 0.1) is 10.1 Å². The summed E-state index contributed by atoms with van der Waals surface area (Å²) >= 11 is 0. The molecule has 1 amide bonds. The number of aromatic nitrogens is 1. The molecule has 0 saturated heterocycles. The molecule has 0 aliphatic carbocycles. The van der Waals surface area contributed by atoms with E-state index in [0.717, 1.165) is 21.1 Å². The maximum absolute atomic E-state index is 12.1. The van der Waals surface area contributed by atoms with Gasteiger partial charge >= 0.3 is 0 Å². The summed E-state index contributed by atoms with van der Waals surface area (Å²) in [5.74, 6) is -0.583. The van der Waals surface area contributed by atoms with E-state index in [1.807, 2.05) is 0 Å². The van der Waals surface area contributed by atoms with Gasteiger partial charge < -0.3 is 9.88 Å². The smallest absolute Gasteiger partial charge is 0.269 e. The average molecular weight is 380 g/mol. The largest absolute Gasteiger partial charge is 0.325 e. The summed E-state index contributed by atoms with van der Waals surface area (Å²) in [5, 5.41) is 13.1. The second-order valence-corrected chi connectivity index (χ2v) is 7.62. The molecule has 0 fully saturated rings. The number of hydrogen-bond donors (Lipinski definition) is 1. The van der Waals surface area contributed by atoms with Gasteiger partial charge in [0, 0.05) is 44.2 Å². The molecule has 26 heavy (non-hydrogen) atoms. The molecule has 2 aromatic rings. The lowest BCUT2D eigenvalue weighted by Gasteiger charge is -2.13. The molecule has 0 saturated carbocycles. The van der Waals surface area contributed by atoms with E-state index in [2.05, 4.69) is 5.32 Å². The summed E-state index contributed by atoms with van der Waals surface area (Å²) in [4.78, 5) is 33.9. The Balaban J connectivity index is 2.18. The quantitative estimate of drug-likeness (QED) is 0.578. The number of rotatable bonds is 6. The Morgan fingerprint density at radius 3 is 2.35 bits per heavy atom. The van der Waals surface area contributed by atoms with Crippen LogP contribution in [0.2, 0.25) is 0 Å². The van der Waals surface area contributed by atoms with E-state index in [0.29, 0.717) is 5.69 Å². The number of sulfonamides is 1. The van der Waals surface area contributed by atoms with Crippen molar-refractivity contribution in [2.75, 3.05) is 19.4 Å². The molecule has 10 nitrogen and oxygen atoms in total. The van der Waals surface area contributed by atoms with Crippen molar-refractivity contribution in [3.8, 4) is 0 Å². The Labute approximate surface area is 148 Å². The maximum atomic E-state index is 12.1. The molecule has 1 aromatic heterocycles. The van der Waals surface area contributed by atoms with Gasteiger partial charge in [0.1, 0.15) is 6.54 Å². The Bertz CT molecular complexity index is 996. The van der Waals surface area contributed by atoms with Gasteiger partial charge in [-0.05, 0) is 18.2 Å². The Morgan fingerprint density at radius 2 is 1.81 bits per heavy atom. The fraction of sp³-hybridized carbons (Fsp3) is 0.200. The number of anilines is 1. The molecule has 2 rings (SSSR count). The van der Waals surface area contributed by atoms with Crippen molar-refractivity contribution in [1.82, 2.24) is 8.87 Å². The topological polar surface area (TPSA) is 132 Å². The fourth-order valence-corrected chi connectivity index (χ4v) is 2.94. The Kier molecular flexibility index (Phi) is 5.53. The summed E-state index contributed by atoms with van der Waals surface area (Å²) in [7, 11) is -1.04. The minimum absolute atomic E-state index is 0.120. The highest BCUT2D eigenvalue weighted by molar-refractivity contribution is 7.89. The molecule has 11 heteroatoms. The molecule has 0 unspecified atom stereocenters. The van der Waals surface area contributed by atoms with Crippen LogP contribution in [0.15, 0.2) is 52.3 Å². The molecule has 1 heterocycles. The number of amides is 1. The van der Waals surface area contributed by atoms with Gasteiger partial charge in [0.15, 0.2) is 0 Å². The highest BCUT2D eigenvalue weighted by Gasteiger charge is 2.18. The van der Waals surface area contributed by atoms with Crippen LogP contribution in [0.1, 0.15) is 0 Å². The lowest BCUT2D eigenvalue weighted by molar-refractivity contribution is -0.384. The summed E-state index contributed by atoms with van der Waals surface area (Å²) in [6.07, 6.45) is 1.09. The van der Waals surface area contributed by atoms with Gasteiger partial charge in [0.05, 0.1) is 9.82 Å². The third-order valence-corrected chi connectivity index (χ3v) is 5.21. The van der Waals surface area contributed by atoms with E-state index in [1.54, 1.807) is 0 Å². The van der Waals surface area contributed by atoms with Gasteiger partial charge in [0.25, 0.3) is 11.2 Å². The molecule has 1 aromatic carbocycles. The predicted molar refractivity (Wildman–Crippen MR) is 93.3 cm³/mol. The van der Waals surface area contributed by atoms with Crippen molar-refractivity contribution >= 4 is 27.3 Å². The summed E-state index contributed by atoms with van der Waals surface area (Å²) in [5.41, 5.74) is -0.354. The van der Waals surface area contributed by atoms with Gasteiger partial charge in [0.2, 0.25) is 15.9 Å². The number of nitrogens with zero attached hydrogens (tertiary/aromatic N) is 3. The molecular formula is C15H16N4O6S. The number of hydrogen-bond acceptors (Lipinski definition) is 6. The first-order chi connectivity index (χ1) is 12.1. The lowest BCUT2D eigenvalue weighted by Crippen LogP contribution is -2.29. The van der Waals surface area contributed by atoms with Crippen molar-refractivity contribution in [2.24, 2.45) is 0 Å². The van der Waals surface area contributed by atoms with Crippen LogP contribution in [0.3, 0.4) is 0 Å². The first-order valence-electron chi connectivity index (χ1n) is 7.28. The average Bonchev–Trinajstić information content (AvgIpc) is 2.57. The Hall–Kier alpha value is -3.05. The highest BCUT2D eigenvalue weighted by Crippen LogP contribution is 2.15. The molecule has 0 spiro atoms. The van der Waals surface area contributed by atoms with Crippen LogP contribution in [0.25, 0.3) is 0 Å². The van der Waals surface area contributed by atoms with E-state index >= 15 is 0 Å². The zero-order valence-electron chi connectivity index (χ0n) is 13.9. The number of carbonyl (C=O) groups excluding carboxylic acids is 1. The Morgan fingerprint density at radius 1 is 1.19 bits per heavy atom. The van der Waals surface area contributed by atoms with Crippen LogP contribution in [0.5, 0.6) is 0 Å². The molecule has 1 N–H and O–H groups in total. The van der Waals surface area contributed by atoms with Crippen molar-refractivity contribution in [3.05, 3.63) is 63.1 Å². The van der Waals surface area contributed by atoms with Crippen LogP contribution in [-0.2, 0) is 21.4 Å².